The molecule has 0 bridgehead atoms. The maximum absolute atomic E-state index is 13.5. The van der Waals surface area contributed by atoms with E-state index in [-0.39, 0.29) is 17.3 Å². The van der Waals surface area contributed by atoms with E-state index >= 15 is 0 Å². The lowest BCUT2D eigenvalue weighted by Crippen LogP contribution is -2.51. The van der Waals surface area contributed by atoms with Gasteiger partial charge in [0.15, 0.2) is 0 Å². The number of alkyl halides is 3. The summed E-state index contributed by atoms with van der Waals surface area (Å²) in [6.45, 7) is 1.65. The van der Waals surface area contributed by atoms with Crippen molar-refractivity contribution in [2.45, 2.75) is 15.1 Å². The molecule has 1 aliphatic rings. The molecule has 0 unspecified atom stereocenters. The maximum atomic E-state index is 13.5. The number of halogens is 4. The first-order valence-corrected chi connectivity index (χ1v) is 14.0. The highest BCUT2D eigenvalue weighted by Crippen LogP contribution is 2.34. The minimum Gasteiger partial charge on any atom is -0.495 e. The average Bonchev–Trinajstić information content (AvgIpc) is 3.27. The van der Waals surface area contributed by atoms with E-state index in [0.717, 1.165) is 10.9 Å². The summed E-state index contributed by atoms with van der Waals surface area (Å²) in [5.74, 6) is -0.426. The number of anilines is 1. The van der Waals surface area contributed by atoms with Crippen molar-refractivity contribution in [2.75, 3.05) is 51.8 Å². The van der Waals surface area contributed by atoms with Crippen molar-refractivity contribution in [3.05, 3.63) is 54.0 Å². The molecule has 1 N–H and O–H groups in total. The summed E-state index contributed by atoms with van der Waals surface area (Å²) in [6, 6.07) is 9.17. The lowest BCUT2D eigenvalue weighted by molar-refractivity contribution is -0.130. The number of aromatic nitrogens is 1. The van der Waals surface area contributed by atoms with E-state index in [4.69, 9.17) is 39.5 Å². The number of H-pyrrole nitrogens is 1. The van der Waals surface area contributed by atoms with Crippen LogP contribution in [0.4, 0.5) is 10.1 Å². The fraction of sp³-hybridized carbons (Fsp3) is 0.375. The maximum Gasteiger partial charge on any atom is 0.274 e. The number of hydrogen-bond donors (Lipinski definition) is 1. The Labute approximate surface area is 229 Å². The molecule has 200 valence electrons. The minimum absolute atomic E-state index is 0.117. The molecule has 0 atom stereocenters. The van der Waals surface area contributed by atoms with Gasteiger partial charge < -0.3 is 19.5 Å². The molecule has 0 spiro atoms. The number of methoxy groups -OCH3 is 1. The monoisotopic (exact) mass is 590 g/mol. The van der Waals surface area contributed by atoms with E-state index in [2.05, 4.69) is 4.98 Å². The molecular formula is C24H26Cl3FN4O4S. The number of nitrogens with one attached hydrogen (secondary N) is 1. The Balaban J connectivity index is 1.49. The predicted octanol–water partition coefficient (Wildman–Crippen LogP) is 4.20. The van der Waals surface area contributed by atoms with Crippen LogP contribution in [0.5, 0.6) is 5.75 Å². The van der Waals surface area contributed by atoms with Crippen molar-refractivity contribution in [2.24, 2.45) is 0 Å². The molecule has 0 aliphatic carbocycles. The first-order chi connectivity index (χ1) is 17.4. The van der Waals surface area contributed by atoms with Gasteiger partial charge >= 0.3 is 0 Å². The minimum atomic E-state index is -3.82. The van der Waals surface area contributed by atoms with Crippen LogP contribution in [0, 0.1) is 5.82 Å². The van der Waals surface area contributed by atoms with Gasteiger partial charge in [-0.3, -0.25) is 4.79 Å². The molecule has 1 aliphatic heterocycles. The molecule has 0 radical (unpaired) electrons. The van der Waals surface area contributed by atoms with Crippen molar-refractivity contribution in [1.82, 2.24) is 14.2 Å². The summed E-state index contributed by atoms with van der Waals surface area (Å²) in [6.07, 6.45) is 2.22. The van der Waals surface area contributed by atoms with Gasteiger partial charge in [0, 0.05) is 56.9 Å². The van der Waals surface area contributed by atoms with Gasteiger partial charge in [-0.15, -0.1) is 0 Å². The van der Waals surface area contributed by atoms with E-state index in [1.54, 1.807) is 24.4 Å². The number of carbonyl (C=O) groups excluding carboxylic acids is 1. The second kappa shape index (κ2) is 10.9. The molecule has 3 aromatic rings. The zero-order valence-corrected chi connectivity index (χ0v) is 23.3. The Kier molecular flexibility index (Phi) is 8.16. The number of rotatable bonds is 7. The van der Waals surface area contributed by atoms with Crippen LogP contribution in [0.15, 0.2) is 47.5 Å². The van der Waals surface area contributed by atoms with Crippen molar-refractivity contribution in [3.63, 3.8) is 0 Å². The molecule has 1 amide bonds. The average molecular weight is 592 g/mol. The Morgan fingerprint density at radius 1 is 1.14 bits per heavy atom. The molecule has 1 saturated heterocycles. The van der Waals surface area contributed by atoms with E-state index < -0.39 is 19.7 Å². The van der Waals surface area contributed by atoms with Crippen LogP contribution in [0.3, 0.4) is 0 Å². The summed E-state index contributed by atoms with van der Waals surface area (Å²) in [7, 11) is -0.786. The van der Waals surface area contributed by atoms with Crippen molar-refractivity contribution in [1.29, 1.82) is 0 Å². The number of amides is 1. The van der Waals surface area contributed by atoms with Crippen LogP contribution in [0.1, 0.15) is 5.56 Å². The highest BCUT2D eigenvalue weighted by molar-refractivity contribution is 7.89. The fourth-order valence-electron chi connectivity index (χ4n) is 4.35. The van der Waals surface area contributed by atoms with E-state index in [1.807, 2.05) is 4.90 Å². The third kappa shape index (κ3) is 5.93. The summed E-state index contributed by atoms with van der Waals surface area (Å²) < 4.78 is 45.0. The molecule has 37 heavy (non-hydrogen) atoms. The zero-order valence-electron chi connectivity index (χ0n) is 20.2. The number of sulfonamides is 1. The second-order valence-electron chi connectivity index (χ2n) is 8.69. The van der Waals surface area contributed by atoms with E-state index in [1.165, 1.54) is 41.6 Å². The number of benzene rings is 2. The van der Waals surface area contributed by atoms with Crippen LogP contribution < -0.4 is 9.64 Å². The number of nitrogens with zero attached hydrogens (tertiary/aromatic N) is 3. The highest BCUT2D eigenvalue weighted by atomic mass is 35.6. The second-order valence-corrected chi connectivity index (χ2v) is 13.0. The first kappa shape index (κ1) is 27.8. The molecule has 1 fully saturated rings. The van der Waals surface area contributed by atoms with Crippen LogP contribution in [0.25, 0.3) is 10.9 Å². The van der Waals surface area contributed by atoms with Gasteiger partial charge in [-0.2, -0.15) is 0 Å². The smallest absolute Gasteiger partial charge is 0.274 e. The summed E-state index contributed by atoms with van der Waals surface area (Å²) in [5, 5.41) is 0.853. The molecule has 13 heteroatoms. The van der Waals surface area contributed by atoms with Crippen molar-refractivity contribution >= 4 is 67.3 Å². The third-order valence-corrected chi connectivity index (χ3v) is 8.77. The number of ether oxygens (including phenoxy) is 1. The molecule has 2 aromatic carbocycles. The lowest BCUT2D eigenvalue weighted by Gasteiger charge is -2.37. The lowest BCUT2D eigenvalue weighted by atomic mass is 10.1. The number of aromatic amines is 1. The zero-order chi connectivity index (χ0) is 27.0. The van der Waals surface area contributed by atoms with Crippen molar-refractivity contribution < 1.29 is 22.3 Å². The largest absolute Gasteiger partial charge is 0.495 e. The van der Waals surface area contributed by atoms with Crippen LogP contribution in [-0.2, 0) is 21.2 Å². The van der Waals surface area contributed by atoms with Crippen LogP contribution in [-0.4, -0.2) is 79.2 Å². The summed E-state index contributed by atoms with van der Waals surface area (Å²) >= 11 is 17.2. The number of carbonyl (C=O) groups is 1. The molecule has 8 nitrogen and oxygen atoms in total. The van der Waals surface area contributed by atoms with E-state index in [0.29, 0.717) is 49.6 Å². The number of piperazine rings is 1. The van der Waals surface area contributed by atoms with Gasteiger partial charge in [0.25, 0.3) is 9.70 Å². The van der Waals surface area contributed by atoms with Gasteiger partial charge in [-0.25, -0.2) is 17.1 Å². The van der Waals surface area contributed by atoms with Gasteiger partial charge in [0.1, 0.15) is 11.6 Å². The van der Waals surface area contributed by atoms with Gasteiger partial charge in [-0.05, 0) is 48.4 Å². The van der Waals surface area contributed by atoms with Crippen LogP contribution in [0.2, 0.25) is 0 Å². The number of fused-ring (bicyclic) bond motifs is 1. The van der Waals surface area contributed by atoms with Crippen LogP contribution >= 0.6 is 34.8 Å². The molecule has 1 aromatic heterocycles. The Bertz CT molecular complexity index is 1400. The number of hydrogen-bond acceptors (Lipinski definition) is 5. The highest BCUT2D eigenvalue weighted by Gasteiger charge is 2.37. The summed E-state index contributed by atoms with van der Waals surface area (Å²) in [5.41, 5.74) is 2.15. The fourth-order valence-corrected chi connectivity index (χ4v) is 5.90. The first-order valence-electron chi connectivity index (χ1n) is 11.4. The Morgan fingerprint density at radius 2 is 1.84 bits per heavy atom. The molecule has 2 heterocycles. The van der Waals surface area contributed by atoms with E-state index in [9.17, 15) is 17.6 Å². The van der Waals surface area contributed by atoms with Crippen molar-refractivity contribution in [3.8, 4) is 5.75 Å². The molecule has 4 rings (SSSR count). The molecular weight excluding hydrogens is 566 g/mol. The van der Waals surface area contributed by atoms with Gasteiger partial charge in [-0.1, -0.05) is 34.8 Å². The van der Waals surface area contributed by atoms with Gasteiger partial charge in [0.2, 0.25) is 10.0 Å². The third-order valence-electron chi connectivity index (χ3n) is 6.43. The normalized spacial score (nSPS) is 15.0. The standard InChI is InChI=1S/C24H26Cl3FN4O4S/c1-30(8-7-16-15-29-20-13-17(28)3-5-19(16)20)37(34,35)18-4-6-22(36-2)21(14-18)31-9-11-32(12-10-31)23(33)24(25,26)27/h3-6,13-15,29H,7-12H2,1-2H3. The molecule has 0 saturated carbocycles. The topological polar surface area (TPSA) is 85.9 Å². The van der Waals surface area contributed by atoms with Gasteiger partial charge in [0.05, 0.1) is 17.7 Å². The SMILES string of the molecule is COc1ccc(S(=O)(=O)N(C)CCc2c[nH]c3cc(F)ccc23)cc1N1CCN(C(=O)C(Cl)(Cl)Cl)CC1. The quantitative estimate of drug-likeness (QED) is 0.417. The Morgan fingerprint density at radius 3 is 2.49 bits per heavy atom. The predicted molar refractivity (Wildman–Crippen MR) is 144 cm³/mol. The summed E-state index contributed by atoms with van der Waals surface area (Å²) in [4.78, 5) is 18.8. The Hall–Kier alpha value is -2.24. The number of likely N-dealkylation sites (N-methyl/N-ethyl adjacent to an activating group) is 1.